The number of aromatic nitrogens is 2. The second-order valence-electron chi connectivity index (χ2n) is 6.56. The fraction of sp³-hybridized carbons (Fsp3) is 0.316. The number of hydrogen-bond donors (Lipinski definition) is 2. The summed E-state index contributed by atoms with van der Waals surface area (Å²) >= 11 is 6.05. The van der Waals surface area contributed by atoms with E-state index in [0.717, 1.165) is 42.3 Å². The van der Waals surface area contributed by atoms with Crippen LogP contribution in [0.2, 0.25) is 5.02 Å². The molecule has 1 amide bonds. The summed E-state index contributed by atoms with van der Waals surface area (Å²) in [4.78, 5) is 16.4. The van der Waals surface area contributed by atoms with Crippen LogP contribution < -0.4 is 10.6 Å². The van der Waals surface area contributed by atoms with Crippen molar-refractivity contribution in [3.8, 4) is 0 Å². The van der Waals surface area contributed by atoms with Gasteiger partial charge in [0.15, 0.2) is 0 Å². The second-order valence-corrected chi connectivity index (χ2v) is 7.00. The Kier molecular flexibility index (Phi) is 4.75. The molecule has 0 atom stereocenters. The Balaban J connectivity index is 1.36. The average Bonchev–Trinajstić information content (AvgIpc) is 3.18. The van der Waals surface area contributed by atoms with Crippen LogP contribution in [-0.4, -0.2) is 28.1 Å². The molecule has 6 nitrogen and oxygen atoms in total. The molecule has 3 aromatic rings. The highest BCUT2D eigenvalue weighted by Crippen LogP contribution is 2.28. The number of hydrogen-bond acceptors (Lipinski definition) is 5. The van der Waals surface area contributed by atoms with Gasteiger partial charge in [-0.1, -0.05) is 16.8 Å². The molecule has 26 heavy (non-hydrogen) atoms. The number of anilines is 1. The van der Waals surface area contributed by atoms with Gasteiger partial charge in [0.1, 0.15) is 0 Å². The van der Waals surface area contributed by atoms with Gasteiger partial charge in [-0.25, -0.2) is 0 Å². The highest BCUT2D eigenvalue weighted by molar-refractivity contribution is 6.31. The van der Waals surface area contributed by atoms with Gasteiger partial charge in [0.2, 0.25) is 5.76 Å². The number of carbonyl (C=O) groups is 1. The predicted molar refractivity (Wildman–Crippen MR) is 100 cm³/mol. The number of nitrogens with zero attached hydrogens (tertiary/aromatic N) is 2. The van der Waals surface area contributed by atoms with Gasteiger partial charge in [0.05, 0.1) is 11.7 Å². The molecule has 0 unspecified atom stereocenters. The quantitative estimate of drug-likeness (QED) is 0.724. The molecule has 7 heteroatoms. The number of halogens is 1. The maximum Gasteiger partial charge on any atom is 0.290 e. The number of rotatable bonds is 4. The van der Waals surface area contributed by atoms with E-state index in [2.05, 4.69) is 20.8 Å². The number of carbonyl (C=O) groups excluding carboxylic acids is 1. The van der Waals surface area contributed by atoms with Crippen LogP contribution in [0.25, 0.3) is 10.9 Å². The molecule has 0 aliphatic heterocycles. The first-order valence-electron chi connectivity index (χ1n) is 8.71. The minimum absolute atomic E-state index is 0.165. The smallest absolute Gasteiger partial charge is 0.290 e. The van der Waals surface area contributed by atoms with Crippen molar-refractivity contribution >= 4 is 34.1 Å². The van der Waals surface area contributed by atoms with Gasteiger partial charge in [0, 0.05) is 40.4 Å². The molecule has 0 bridgehead atoms. The van der Waals surface area contributed by atoms with Gasteiger partial charge in [-0.05, 0) is 49.9 Å². The molecule has 0 spiro atoms. The van der Waals surface area contributed by atoms with Gasteiger partial charge < -0.3 is 15.2 Å². The van der Waals surface area contributed by atoms with Gasteiger partial charge in [-0.15, -0.1) is 0 Å². The van der Waals surface area contributed by atoms with E-state index in [-0.39, 0.29) is 17.7 Å². The Labute approximate surface area is 155 Å². The van der Waals surface area contributed by atoms with Gasteiger partial charge >= 0.3 is 0 Å². The molecule has 2 heterocycles. The predicted octanol–water partition coefficient (Wildman–Crippen LogP) is 4.03. The first kappa shape index (κ1) is 16.8. The van der Waals surface area contributed by atoms with Crippen molar-refractivity contribution < 1.29 is 9.32 Å². The minimum Gasteiger partial charge on any atom is -0.382 e. The summed E-state index contributed by atoms with van der Waals surface area (Å²) in [6.45, 7) is 0. The third-order valence-corrected chi connectivity index (χ3v) is 5.02. The lowest BCUT2D eigenvalue weighted by molar-refractivity contribution is 0.0889. The molecule has 0 saturated heterocycles. The molecule has 2 aromatic heterocycles. The Hall–Kier alpha value is -2.60. The van der Waals surface area contributed by atoms with E-state index in [1.807, 2.05) is 24.3 Å². The fourth-order valence-electron chi connectivity index (χ4n) is 3.44. The van der Waals surface area contributed by atoms with Gasteiger partial charge in [0.25, 0.3) is 5.91 Å². The third kappa shape index (κ3) is 3.65. The Morgan fingerprint density at radius 3 is 2.65 bits per heavy atom. The van der Waals surface area contributed by atoms with E-state index in [1.165, 1.54) is 6.20 Å². The molecule has 1 saturated carbocycles. The lowest BCUT2D eigenvalue weighted by Gasteiger charge is -2.30. The highest BCUT2D eigenvalue weighted by Gasteiger charge is 2.24. The van der Waals surface area contributed by atoms with Crippen LogP contribution in [0.4, 0.5) is 5.69 Å². The molecule has 2 N–H and O–H groups in total. The summed E-state index contributed by atoms with van der Waals surface area (Å²) in [6, 6.07) is 9.85. The zero-order valence-electron chi connectivity index (χ0n) is 14.1. The third-order valence-electron chi connectivity index (χ3n) is 4.79. The van der Waals surface area contributed by atoms with Crippen molar-refractivity contribution in [2.24, 2.45) is 0 Å². The first-order valence-corrected chi connectivity index (χ1v) is 9.09. The zero-order chi connectivity index (χ0) is 17.9. The topological polar surface area (TPSA) is 80.0 Å². The summed E-state index contributed by atoms with van der Waals surface area (Å²) in [5, 5.41) is 12.0. The average molecular weight is 371 g/mol. The minimum atomic E-state index is -0.198. The molecule has 1 fully saturated rings. The van der Waals surface area contributed by atoms with Crippen molar-refractivity contribution in [2.75, 3.05) is 5.32 Å². The maximum absolute atomic E-state index is 12.0. The number of benzene rings is 1. The lowest BCUT2D eigenvalue weighted by atomic mass is 9.90. The van der Waals surface area contributed by atoms with Gasteiger partial charge in [-0.3, -0.25) is 9.78 Å². The van der Waals surface area contributed by atoms with Crippen molar-refractivity contribution in [1.82, 2.24) is 15.5 Å². The van der Waals surface area contributed by atoms with Crippen LogP contribution >= 0.6 is 11.6 Å². The van der Waals surface area contributed by atoms with Crippen molar-refractivity contribution in [1.29, 1.82) is 0 Å². The molecular weight excluding hydrogens is 352 g/mol. The monoisotopic (exact) mass is 370 g/mol. The van der Waals surface area contributed by atoms with E-state index < -0.39 is 0 Å². The first-order chi connectivity index (χ1) is 12.7. The zero-order valence-corrected chi connectivity index (χ0v) is 14.9. The number of pyridine rings is 1. The largest absolute Gasteiger partial charge is 0.382 e. The van der Waals surface area contributed by atoms with Crippen LogP contribution in [-0.2, 0) is 0 Å². The van der Waals surface area contributed by atoms with E-state index in [9.17, 15) is 4.79 Å². The van der Waals surface area contributed by atoms with Gasteiger partial charge in [-0.2, -0.15) is 0 Å². The lowest BCUT2D eigenvalue weighted by Crippen LogP contribution is -2.40. The summed E-state index contributed by atoms with van der Waals surface area (Å²) in [5.74, 6) is 0.0584. The van der Waals surface area contributed by atoms with E-state index in [1.54, 1.807) is 12.3 Å². The molecular formula is C19H19ClN4O2. The SMILES string of the molecule is O=C(N[C@H]1CC[C@@H](Nc2ccnc3cc(Cl)ccc23)CC1)c1ccno1. The fourth-order valence-corrected chi connectivity index (χ4v) is 3.60. The highest BCUT2D eigenvalue weighted by atomic mass is 35.5. The molecule has 4 rings (SSSR count). The second kappa shape index (κ2) is 7.33. The number of fused-ring (bicyclic) bond motifs is 1. The summed E-state index contributed by atoms with van der Waals surface area (Å²) in [6.07, 6.45) is 7.09. The number of nitrogens with one attached hydrogen (secondary N) is 2. The maximum atomic E-state index is 12.0. The molecule has 1 aliphatic carbocycles. The van der Waals surface area contributed by atoms with Crippen LogP contribution in [0.1, 0.15) is 36.2 Å². The molecule has 134 valence electrons. The van der Waals surface area contributed by atoms with Crippen LogP contribution in [0.3, 0.4) is 0 Å². The standard InChI is InChI=1S/C19H19ClN4O2/c20-12-1-6-15-16(7-9-21-17(15)11-12)23-13-2-4-14(5-3-13)24-19(25)18-8-10-22-26-18/h1,6-11,13-14H,2-5H2,(H,21,23)(H,24,25)/t13-,14+. The van der Waals surface area contributed by atoms with Crippen molar-refractivity contribution in [3.63, 3.8) is 0 Å². The summed E-state index contributed by atoms with van der Waals surface area (Å²) in [5.41, 5.74) is 1.95. The van der Waals surface area contributed by atoms with Crippen LogP contribution in [0, 0.1) is 0 Å². The van der Waals surface area contributed by atoms with Crippen molar-refractivity contribution in [3.05, 3.63) is 53.5 Å². The Morgan fingerprint density at radius 2 is 1.88 bits per heavy atom. The number of amides is 1. The molecule has 0 radical (unpaired) electrons. The normalized spacial score (nSPS) is 20.0. The van der Waals surface area contributed by atoms with Crippen LogP contribution in [0.5, 0.6) is 0 Å². The molecule has 1 aliphatic rings. The Bertz CT molecular complexity index is 905. The Morgan fingerprint density at radius 1 is 1.08 bits per heavy atom. The van der Waals surface area contributed by atoms with Crippen LogP contribution in [0.15, 0.2) is 47.2 Å². The van der Waals surface area contributed by atoms with E-state index in [4.69, 9.17) is 16.1 Å². The van der Waals surface area contributed by atoms with E-state index in [0.29, 0.717) is 11.1 Å². The van der Waals surface area contributed by atoms with E-state index >= 15 is 0 Å². The molecule has 1 aromatic carbocycles. The van der Waals surface area contributed by atoms with Crippen molar-refractivity contribution in [2.45, 2.75) is 37.8 Å². The summed E-state index contributed by atoms with van der Waals surface area (Å²) < 4.78 is 4.90. The summed E-state index contributed by atoms with van der Waals surface area (Å²) in [7, 11) is 0.